The molecule has 1 aromatic heterocycles. The van der Waals surface area contributed by atoms with Gasteiger partial charge < -0.3 is 19.9 Å². The van der Waals surface area contributed by atoms with E-state index in [0.717, 1.165) is 30.6 Å². The predicted octanol–water partition coefficient (Wildman–Crippen LogP) is 4.69. The number of ether oxygens (including phenoxy) is 1. The third-order valence-corrected chi connectivity index (χ3v) is 6.53. The van der Waals surface area contributed by atoms with Gasteiger partial charge in [-0.1, -0.05) is 24.9 Å². The maximum Gasteiger partial charge on any atom is 0.410 e. The second-order valence-corrected chi connectivity index (χ2v) is 10.5. The van der Waals surface area contributed by atoms with Crippen LogP contribution in [0.15, 0.2) is 11.2 Å². The first kappa shape index (κ1) is 25.3. The Morgan fingerprint density at radius 2 is 1.97 bits per heavy atom. The molecule has 1 saturated carbocycles. The standard InChI is InChI=1S/C24H36ClN5O3/c1-16-7-6-8-20(16)29(5)21-17(13-18(25)15-31)14-26-22(28-21)27-19-9-11-30(12-10-19)23(32)33-24(2,3)4/h13-16,19-20H,6-12H2,1-5H3,(H,26,27,28)/b18-13+/t16-,20+/m0/s1. The lowest BCUT2D eigenvalue weighted by atomic mass is 10.0. The number of halogens is 1. The van der Waals surface area contributed by atoms with Crippen LogP contribution in [0.4, 0.5) is 16.6 Å². The third-order valence-electron chi connectivity index (χ3n) is 6.33. The van der Waals surface area contributed by atoms with Crippen molar-refractivity contribution in [3.8, 4) is 0 Å². The van der Waals surface area contributed by atoms with Crippen molar-refractivity contribution in [3.05, 3.63) is 16.8 Å². The lowest BCUT2D eigenvalue weighted by molar-refractivity contribution is -0.104. The maximum atomic E-state index is 12.3. The molecule has 0 radical (unpaired) electrons. The normalized spacial score (nSPS) is 22.2. The van der Waals surface area contributed by atoms with E-state index in [-0.39, 0.29) is 17.2 Å². The highest BCUT2D eigenvalue weighted by Gasteiger charge is 2.30. The SMILES string of the molecule is C[C@H]1CCC[C@H]1N(C)c1nc(NC2CCN(C(=O)OC(C)(C)C)CC2)ncc1/C=C(/Cl)C=O. The van der Waals surface area contributed by atoms with Crippen LogP contribution < -0.4 is 10.2 Å². The first-order chi connectivity index (χ1) is 15.6. The van der Waals surface area contributed by atoms with Gasteiger partial charge in [0.05, 0.1) is 5.03 Å². The number of rotatable bonds is 6. The molecule has 1 amide bonds. The summed E-state index contributed by atoms with van der Waals surface area (Å²) < 4.78 is 5.48. The smallest absolute Gasteiger partial charge is 0.410 e. The Labute approximate surface area is 201 Å². The number of hydrogen-bond donors (Lipinski definition) is 1. The van der Waals surface area contributed by atoms with E-state index in [1.807, 2.05) is 27.8 Å². The number of anilines is 2. The fourth-order valence-corrected chi connectivity index (χ4v) is 4.71. The quantitative estimate of drug-likeness (QED) is 0.469. The largest absolute Gasteiger partial charge is 0.444 e. The molecule has 33 heavy (non-hydrogen) atoms. The first-order valence-corrected chi connectivity index (χ1v) is 12.1. The number of piperidine rings is 1. The fourth-order valence-electron chi connectivity index (χ4n) is 4.59. The Morgan fingerprint density at radius 1 is 1.27 bits per heavy atom. The van der Waals surface area contributed by atoms with E-state index in [4.69, 9.17) is 21.3 Å². The molecular weight excluding hydrogens is 442 g/mol. The van der Waals surface area contributed by atoms with Crippen molar-refractivity contribution < 1.29 is 14.3 Å². The van der Waals surface area contributed by atoms with Crippen LogP contribution in [0.2, 0.25) is 0 Å². The average molecular weight is 478 g/mol. The molecule has 0 unspecified atom stereocenters. The van der Waals surface area contributed by atoms with Crippen molar-refractivity contribution in [1.82, 2.24) is 14.9 Å². The number of aldehydes is 1. The number of nitrogens with one attached hydrogen (secondary N) is 1. The van der Waals surface area contributed by atoms with Crippen LogP contribution in [0, 0.1) is 5.92 Å². The molecule has 2 fully saturated rings. The Morgan fingerprint density at radius 3 is 2.55 bits per heavy atom. The molecule has 2 heterocycles. The minimum atomic E-state index is -0.498. The highest BCUT2D eigenvalue weighted by atomic mass is 35.5. The van der Waals surface area contributed by atoms with Crippen LogP contribution in [-0.4, -0.2) is 65.1 Å². The second kappa shape index (κ2) is 10.7. The number of hydrogen-bond acceptors (Lipinski definition) is 7. The van der Waals surface area contributed by atoms with E-state index in [0.29, 0.717) is 37.3 Å². The van der Waals surface area contributed by atoms with Crippen LogP contribution in [0.5, 0.6) is 0 Å². The van der Waals surface area contributed by atoms with Crippen LogP contribution >= 0.6 is 11.6 Å². The summed E-state index contributed by atoms with van der Waals surface area (Å²) in [6, 6.07) is 0.541. The predicted molar refractivity (Wildman–Crippen MR) is 132 cm³/mol. The van der Waals surface area contributed by atoms with Crippen molar-refractivity contribution >= 4 is 41.8 Å². The van der Waals surface area contributed by atoms with Crippen LogP contribution in [0.25, 0.3) is 6.08 Å². The molecule has 2 aliphatic rings. The van der Waals surface area contributed by atoms with Crippen molar-refractivity contribution in [2.45, 2.75) is 77.5 Å². The fraction of sp³-hybridized carbons (Fsp3) is 0.667. The van der Waals surface area contributed by atoms with Crippen molar-refractivity contribution in [2.24, 2.45) is 5.92 Å². The van der Waals surface area contributed by atoms with Gasteiger partial charge in [0.2, 0.25) is 5.95 Å². The Balaban J connectivity index is 1.71. The summed E-state index contributed by atoms with van der Waals surface area (Å²) in [5.74, 6) is 1.87. The topological polar surface area (TPSA) is 87.7 Å². The van der Waals surface area contributed by atoms with Gasteiger partial charge in [-0.3, -0.25) is 4.79 Å². The number of aromatic nitrogens is 2. The summed E-state index contributed by atoms with van der Waals surface area (Å²) in [4.78, 5) is 36.6. The summed E-state index contributed by atoms with van der Waals surface area (Å²) in [6.45, 7) is 9.13. The van der Waals surface area contributed by atoms with Gasteiger partial charge in [-0.25, -0.2) is 9.78 Å². The summed E-state index contributed by atoms with van der Waals surface area (Å²) in [5, 5.41) is 3.54. The molecule has 3 rings (SSSR count). The van der Waals surface area contributed by atoms with E-state index in [9.17, 15) is 9.59 Å². The van der Waals surface area contributed by atoms with Gasteiger partial charge in [0.15, 0.2) is 6.29 Å². The van der Waals surface area contributed by atoms with Gasteiger partial charge in [0, 0.05) is 44.0 Å². The molecule has 0 bridgehead atoms. The van der Waals surface area contributed by atoms with Crippen LogP contribution in [-0.2, 0) is 9.53 Å². The van der Waals surface area contributed by atoms with Crippen molar-refractivity contribution in [1.29, 1.82) is 0 Å². The molecule has 0 aromatic carbocycles. The van der Waals surface area contributed by atoms with Gasteiger partial charge in [-0.2, -0.15) is 4.98 Å². The number of carbonyl (C=O) groups is 2. The molecule has 1 aromatic rings. The number of allylic oxidation sites excluding steroid dienone is 1. The number of nitrogens with zero attached hydrogens (tertiary/aromatic N) is 4. The average Bonchev–Trinajstić information content (AvgIpc) is 3.19. The van der Waals surface area contributed by atoms with Gasteiger partial charge in [-0.15, -0.1) is 0 Å². The van der Waals surface area contributed by atoms with Crippen LogP contribution in [0.1, 0.15) is 65.4 Å². The molecule has 2 atom stereocenters. The zero-order valence-corrected chi connectivity index (χ0v) is 21.1. The number of amides is 1. The highest BCUT2D eigenvalue weighted by Crippen LogP contribution is 2.33. The minimum absolute atomic E-state index is 0.114. The van der Waals surface area contributed by atoms with E-state index in [1.54, 1.807) is 17.2 Å². The summed E-state index contributed by atoms with van der Waals surface area (Å²) in [7, 11) is 2.05. The molecule has 1 saturated heterocycles. The minimum Gasteiger partial charge on any atom is -0.444 e. The van der Waals surface area contributed by atoms with Crippen LogP contribution in [0.3, 0.4) is 0 Å². The monoisotopic (exact) mass is 477 g/mol. The second-order valence-electron chi connectivity index (χ2n) is 10.1. The summed E-state index contributed by atoms with van der Waals surface area (Å²) in [6.07, 6.45) is 8.75. The van der Waals surface area contributed by atoms with E-state index in [1.165, 1.54) is 12.8 Å². The van der Waals surface area contributed by atoms with E-state index >= 15 is 0 Å². The number of likely N-dealkylation sites (tertiary alicyclic amines) is 1. The molecule has 9 heteroatoms. The zero-order valence-electron chi connectivity index (χ0n) is 20.3. The molecule has 1 N–H and O–H groups in total. The van der Waals surface area contributed by atoms with E-state index in [2.05, 4.69) is 22.1 Å². The molecule has 182 valence electrons. The zero-order chi connectivity index (χ0) is 24.2. The Bertz CT molecular complexity index is 877. The molecule has 1 aliphatic heterocycles. The lowest BCUT2D eigenvalue weighted by Gasteiger charge is -2.34. The Hall–Kier alpha value is -2.35. The molecule has 8 nitrogen and oxygen atoms in total. The molecule has 1 aliphatic carbocycles. The van der Waals surface area contributed by atoms with Crippen molar-refractivity contribution in [2.75, 3.05) is 30.4 Å². The maximum absolute atomic E-state index is 12.3. The van der Waals surface area contributed by atoms with Gasteiger partial charge in [-0.05, 0) is 58.4 Å². The summed E-state index contributed by atoms with van der Waals surface area (Å²) >= 11 is 6.00. The summed E-state index contributed by atoms with van der Waals surface area (Å²) in [5.41, 5.74) is 0.223. The van der Waals surface area contributed by atoms with Gasteiger partial charge >= 0.3 is 6.09 Å². The number of carbonyl (C=O) groups excluding carboxylic acids is 2. The van der Waals surface area contributed by atoms with E-state index < -0.39 is 5.60 Å². The lowest BCUT2D eigenvalue weighted by Crippen LogP contribution is -2.44. The molecular formula is C24H36ClN5O3. The first-order valence-electron chi connectivity index (χ1n) is 11.7. The highest BCUT2D eigenvalue weighted by molar-refractivity contribution is 6.40. The van der Waals surface area contributed by atoms with Gasteiger partial charge in [0.25, 0.3) is 0 Å². The van der Waals surface area contributed by atoms with Crippen molar-refractivity contribution in [3.63, 3.8) is 0 Å². The molecule has 0 spiro atoms. The Kier molecular flexibility index (Phi) is 8.21. The van der Waals surface area contributed by atoms with Gasteiger partial charge in [0.1, 0.15) is 11.4 Å². The third kappa shape index (κ3) is 6.82.